The molecule has 0 saturated carbocycles. The lowest BCUT2D eigenvalue weighted by molar-refractivity contribution is -0.192. The van der Waals surface area contributed by atoms with Crippen molar-refractivity contribution in [3.63, 3.8) is 0 Å². The molecule has 0 bridgehead atoms. The van der Waals surface area contributed by atoms with Gasteiger partial charge in [-0.05, 0) is 25.3 Å². The van der Waals surface area contributed by atoms with Crippen molar-refractivity contribution in [2.45, 2.75) is 42.8 Å². The molecule has 2 aliphatic rings. The smallest absolute Gasteiger partial charge is 0.475 e. The Morgan fingerprint density at radius 1 is 1.26 bits per heavy atom. The first-order valence-electron chi connectivity index (χ1n) is 10.6. The van der Waals surface area contributed by atoms with E-state index in [1.165, 1.54) is 22.6 Å². The highest BCUT2D eigenvalue weighted by Gasteiger charge is 2.38. The van der Waals surface area contributed by atoms with Crippen LogP contribution >= 0.6 is 0 Å². The van der Waals surface area contributed by atoms with Gasteiger partial charge in [0, 0.05) is 50.3 Å². The average Bonchev–Trinajstić information content (AvgIpc) is 3.25. The van der Waals surface area contributed by atoms with Crippen LogP contribution in [0.1, 0.15) is 25.7 Å². The van der Waals surface area contributed by atoms with Crippen LogP contribution in [0.15, 0.2) is 35.1 Å². The number of carbonyl (C=O) groups is 2. The van der Waals surface area contributed by atoms with Gasteiger partial charge in [0.1, 0.15) is 11.5 Å². The second-order valence-corrected chi connectivity index (χ2v) is 9.66. The van der Waals surface area contributed by atoms with Crippen LogP contribution in [-0.4, -0.2) is 84.6 Å². The lowest BCUT2D eigenvalue weighted by Crippen LogP contribution is -2.47. The normalized spacial score (nSPS) is 18.3. The van der Waals surface area contributed by atoms with Crippen LogP contribution < -0.4 is 10.5 Å². The molecule has 1 amide bonds. The molecular formula is C20H26F4N4O6S. The number of aromatic nitrogens is 1. The van der Waals surface area contributed by atoms with E-state index in [1.54, 1.807) is 0 Å². The Hall–Kier alpha value is -2.78. The van der Waals surface area contributed by atoms with Crippen LogP contribution in [0.4, 0.5) is 17.6 Å². The van der Waals surface area contributed by atoms with Crippen LogP contribution in [0.5, 0.6) is 5.88 Å². The Kier molecular flexibility index (Phi) is 9.97. The molecule has 3 rings (SSSR count). The van der Waals surface area contributed by atoms with E-state index >= 15 is 0 Å². The molecule has 0 aliphatic carbocycles. The lowest BCUT2D eigenvalue weighted by Gasteiger charge is -2.36. The number of hydrogen-bond acceptors (Lipinski definition) is 7. The van der Waals surface area contributed by atoms with E-state index in [-0.39, 0.29) is 41.4 Å². The number of nitrogens with two attached hydrogens (primary N) is 1. The molecular weight excluding hydrogens is 500 g/mol. The summed E-state index contributed by atoms with van der Waals surface area (Å²) in [5.41, 5.74) is 5.63. The van der Waals surface area contributed by atoms with Crippen molar-refractivity contribution in [3.05, 3.63) is 30.2 Å². The van der Waals surface area contributed by atoms with Gasteiger partial charge in [0.15, 0.2) is 0 Å². The second-order valence-electron chi connectivity index (χ2n) is 7.72. The van der Waals surface area contributed by atoms with E-state index < -0.39 is 22.2 Å². The summed E-state index contributed by atoms with van der Waals surface area (Å²) in [5.74, 6) is -2.40. The first kappa shape index (κ1) is 28.5. The summed E-state index contributed by atoms with van der Waals surface area (Å²) < 4.78 is 76.6. The Morgan fingerprint density at radius 3 is 2.31 bits per heavy atom. The van der Waals surface area contributed by atoms with Crippen molar-refractivity contribution >= 4 is 21.9 Å². The first-order valence-corrected chi connectivity index (χ1v) is 12.0. The van der Waals surface area contributed by atoms with E-state index in [2.05, 4.69) is 4.98 Å². The molecule has 1 aromatic heterocycles. The standard InChI is InChI=1S/C18H25FN4O4S.C2HF3O2/c19-10-14(11-20)13-27-17-4-3-16(12-21-17)28(25,26)22-8-5-15(6-9-22)23-7-1-2-18(23)24;3-2(4,5)1(6)7/h3-4,10,12,15H,1-2,5-9,11,13,20H2;(H,6,7)/b14-10+;. The van der Waals surface area contributed by atoms with Crippen molar-refractivity contribution in [2.24, 2.45) is 5.73 Å². The largest absolute Gasteiger partial charge is 0.490 e. The first-order chi connectivity index (χ1) is 16.4. The second kappa shape index (κ2) is 12.3. The van der Waals surface area contributed by atoms with Gasteiger partial charge in [-0.15, -0.1) is 0 Å². The van der Waals surface area contributed by atoms with Gasteiger partial charge in [0.2, 0.25) is 21.8 Å². The van der Waals surface area contributed by atoms with E-state index in [0.29, 0.717) is 38.7 Å². The van der Waals surface area contributed by atoms with Crippen LogP contribution in [-0.2, 0) is 19.6 Å². The summed E-state index contributed by atoms with van der Waals surface area (Å²) in [7, 11) is -3.66. The minimum atomic E-state index is -5.08. The molecule has 10 nitrogen and oxygen atoms in total. The summed E-state index contributed by atoms with van der Waals surface area (Å²) in [4.78, 5) is 26.7. The fourth-order valence-electron chi connectivity index (χ4n) is 3.50. The Bertz CT molecular complexity index is 1010. The molecule has 196 valence electrons. The number of hydrogen-bond donors (Lipinski definition) is 2. The number of nitrogens with zero attached hydrogens (tertiary/aromatic N) is 3. The van der Waals surface area contributed by atoms with Gasteiger partial charge < -0.3 is 20.5 Å². The predicted molar refractivity (Wildman–Crippen MR) is 114 cm³/mol. The van der Waals surface area contributed by atoms with Gasteiger partial charge in [0.05, 0.1) is 12.5 Å². The number of rotatable bonds is 7. The number of pyridine rings is 1. The quantitative estimate of drug-likeness (QED) is 0.511. The van der Waals surface area contributed by atoms with E-state index in [9.17, 15) is 30.8 Å². The third-order valence-corrected chi connectivity index (χ3v) is 7.27. The molecule has 3 heterocycles. The number of halogens is 4. The third-order valence-electron chi connectivity index (χ3n) is 5.39. The predicted octanol–water partition coefficient (Wildman–Crippen LogP) is 1.68. The summed E-state index contributed by atoms with van der Waals surface area (Å²) in [6.45, 7) is 1.49. The van der Waals surface area contributed by atoms with Gasteiger partial charge in [0.25, 0.3) is 0 Å². The fourth-order valence-corrected chi connectivity index (χ4v) is 4.92. The number of ether oxygens (including phenoxy) is 1. The maximum Gasteiger partial charge on any atom is 0.490 e. The lowest BCUT2D eigenvalue weighted by atomic mass is 10.1. The topological polar surface area (TPSA) is 143 Å². The fraction of sp³-hybridized carbons (Fsp3) is 0.550. The van der Waals surface area contributed by atoms with E-state index in [4.69, 9.17) is 20.4 Å². The van der Waals surface area contributed by atoms with Gasteiger partial charge in [-0.3, -0.25) is 4.79 Å². The molecule has 2 saturated heterocycles. The molecule has 2 aliphatic heterocycles. The number of carbonyl (C=O) groups excluding carboxylic acids is 1. The number of alkyl halides is 3. The molecule has 0 unspecified atom stereocenters. The molecule has 1 aromatic rings. The summed E-state index contributed by atoms with van der Waals surface area (Å²) >= 11 is 0. The molecule has 2 fully saturated rings. The zero-order valence-electron chi connectivity index (χ0n) is 18.6. The molecule has 3 N–H and O–H groups in total. The van der Waals surface area contributed by atoms with Gasteiger partial charge in [-0.25, -0.2) is 22.6 Å². The van der Waals surface area contributed by atoms with Crippen molar-refractivity contribution in [2.75, 3.05) is 32.8 Å². The molecule has 0 atom stereocenters. The van der Waals surface area contributed by atoms with Crippen LogP contribution in [0, 0.1) is 0 Å². The maximum atomic E-state index is 12.8. The summed E-state index contributed by atoms with van der Waals surface area (Å²) in [5, 5.41) is 7.12. The van der Waals surface area contributed by atoms with Crippen LogP contribution in [0.3, 0.4) is 0 Å². The van der Waals surface area contributed by atoms with Gasteiger partial charge in [-0.2, -0.15) is 17.5 Å². The summed E-state index contributed by atoms with van der Waals surface area (Å²) in [6, 6.07) is 2.99. The minimum absolute atomic E-state index is 0.0297. The highest BCUT2D eigenvalue weighted by Crippen LogP contribution is 2.26. The SMILES string of the molecule is NC/C(=C\F)COc1ccc(S(=O)(=O)N2CCC(N3CCCC3=O)CC2)cn1.O=C(O)C(F)(F)F. The Morgan fingerprint density at radius 2 is 1.89 bits per heavy atom. The molecule has 0 aromatic carbocycles. The third kappa shape index (κ3) is 7.86. The number of sulfonamides is 1. The zero-order chi connectivity index (χ0) is 26.2. The van der Waals surface area contributed by atoms with E-state index in [1.807, 2.05) is 4.90 Å². The number of carboxylic acid groups (broad SMARTS) is 1. The number of amides is 1. The van der Waals surface area contributed by atoms with Gasteiger partial charge >= 0.3 is 12.1 Å². The number of likely N-dealkylation sites (tertiary alicyclic amines) is 1. The number of carboxylic acids is 1. The van der Waals surface area contributed by atoms with Gasteiger partial charge in [-0.1, -0.05) is 0 Å². The van der Waals surface area contributed by atoms with Crippen molar-refractivity contribution < 1.29 is 45.4 Å². The average molecular weight is 527 g/mol. The monoisotopic (exact) mass is 526 g/mol. The highest BCUT2D eigenvalue weighted by atomic mass is 32.2. The van der Waals surface area contributed by atoms with Crippen molar-refractivity contribution in [1.29, 1.82) is 0 Å². The Labute approximate surface area is 199 Å². The van der Waals surface area contributed by atoms with Crippen LogP contribution in [0.2, 0.25) is 0 Å². The minimum Gasteiger partial charge on any atom is -0.475 e. The zero-order valence-corrected chi connectivity index (χ0v) is 19.4. The molecule has 0 spiro atoms. The summed E-state index contributed by atoms with van der Waals surface area (Å²) in [6.07, 6.45) is -0.716. The van der Waals surface area contributed by atoms with Crippen molar-refractivity contribution in [1.82, 2.24) is 14.2 Å². The van der Waals surface area contributed by atoms with E-state index in [0.717, 1.165) is 13.0 Å². The highest BCUT2D eigenvalue weighted by molar-refractivity contribution is 7.89. The Balaban J connectivity index is 0.000000540. The molecule has 0 radical (unpaired) electrons. The van der Waals surface area contributed by atoms with Crippen molar-refractivity contribution in [3.8, 4) is 5.88 Å². The number of piperidine rings is 1. The number of aliphatic carboxylic acids is 1. The molecule has 35 heavy (non-hydrogen) atoms. The maximum absolute atomic E-state index is 12.8. The van der Waals surface area contributed by atoms with Crippen LogP contribution in [0.25, 0.3) is 0 Å². The molecule has 15 heteroatoms.